The minimum absolute atomic E-state index is 0.0131. The standard InChI is InChI=1S/C13H9ClFNO2/c1-8(17)11-6-5-9(7-16-11)18-12-4-2-3-10(14)13(12)15/h2-7H,1H3. The van der Waals surface area contributed by atoms with E-state index in [1.165, 1.54) is 31.3 Å². The van der Waals surface area contributed by atoms with E-state index in [0.29, 0.717) is 11.4 Å². The number of halogens is 2. The Kier molecular flexibility index (Phi) is 3.58. The molecule has 18 heavy (non-hydrogen) atoms. The molecule has 0 bridgehead atoms. The van der Waals surface area contributed by atoms with Gasteiger partial charge in [-0.3, -0.25) is 4.79 Å². The van der Waals surface area contributed by atoms with Crippen molar-refractivity contribution in [3.05, 3.63) is 53.1 Å². The lowest BCUT2D eigenvalue weighted by Crippen LogP contribution is -1.96. The molecule has 2 rings (SSSR count). The van der Waals surface area contributed by atoms with Crippen LogP contribution in [0.3, 0.4) is 0 Å². The molecular weight excluding hydrogens is 257 g/mol. The summed E-state index contributed by atoms with van der Waals surface area (Å²) in [5, 5.41) is -0.0131. The van der Waals surface area contributed by atoms with Crippen molar-refractivity contribution in [3.8, 4) is 11.5 Å². The van der Waals surface area contributed by atoms with Gasteiger partial charge in [0.1, 0.15) is 11.4 Å². The molecule has 0 fully saturated rings. The summed E-state index contributed by atoms with van der Waals surface area (Å²) >= 11 is 5.63. The van der Waals surface area contributed by atoms with E-state index in [1.54, 1.807) is 12.1 Å². The summed E-state index contributed by atoms with van der Waals surface area (Å²) in [6.45, 7) is 1.42. The van der Waals surface area contributed by atoms with Crippen molar-refractivity contribution in [2.24, 2.45) is 0 Å². The zero-order chi connectivity index (χ0) is 13.1. The van der Waals surface area contributed by atoms with Gasteiger partial charge in [-0.2, -0.15) is 0 Å². The molecule has 0 aliphatic rings. The Morgan fingerprint density at radius 1 is 1.33 bits per heavy atom. The van der Waals surface area contributed by atoms with E-state index in [9.17, 15) is 9.18 Å². The fraction of sp³-hybridized carbons (Fsp3) is 0.0769. The Bertz CT molecular complexity index is 584. The van der Waals surface area contributed by atoms with Crippen molar-refractivity contribution in [1.82, 2.24) is 4.98 Å². The molecule has 2 aromatic rings. The van der Waals surface area contributed by atoms with Crippen LogP contribution in [-0.4, -0.2) is 10.8 Å². The Morgan fingerprint density at radius 2 is 2.11 bits per heavy atom. The number of pyridine rings is 1. The summed E-state index contributed by atoms with van der Waals surface area (Å²) in [5.74, 6) is -0.425. The van der Waals surface area contributed by atoms with Crippen molar-refractivity contribution in [2.45, 2.75) is 6.92 Å². The lowest BCUT2D eigenvalue weighted by molar-refractivity contribution is 0.101. The second-order valence-corrected chi connectivity index (χ2v) is 4.00. The highest BCUT2D eigenvalue weighted by Crippen LogP contribution is 2.28. The number of carbonyl (C=O) groups is 1. The highest BCUT2D eigenvalue weighted by molar-refractivity contribution is 6.30. The van der Waals surface area contributed by atoms with E-state index in [1.807, 2.05) is 0 Å². The monoisotopic (exact) mass is 265 g/mol. The van der Waals surface area contributed by atoms with E-state index in [4.69, 9.17) is 16.3 Å². The molecule has 0 amide bonds. The number of ketones is 1. The van der Waals surface area contributed by atoms with Crippen LogP contribution in [0.2, 0.25) is 5.02 Å². The van der Waals surface area contributed by atoms with Crippen LogP contribution in [0.4, 0.5) is 4.39 Å². The highest BCUT2D eigenvalue weighted by atomic mass is 35.5. The Labute approximate surface area is 108 Å². The fourth-order valence-corrected chi connectivity index (χ4v) is 1.50. The topological polar surface area (TPSA) is 39.2 Å². The highest BCUT2D eigenvalue weighted by Gasteiger charge is 2.09. The summed E-state index contributed by atoms with van der Waals surface area (Å²) in [5.41, 5.74) is 0.328. The first-order chi connectivity index (χ1) is 8.58. The first-order valence-corrected chi connectivity index (χ1v) is 5.54. The Balaban J connectivity index is 2.24. The van der Waals surface area contributed by atoms with Crippen molar-refractivity contribution < 1.29 is 13.9 Å². The molecule has 1 aromatic heterocycles. The molecule has 0 spiro atoms. The van der Waals surface area contributed by atoms with Crippen LogP contribution in [0, 0.1) is 5.82 Å². The summed E-state index contributed by atoms with van der Waals surface area (Å²) in [6, 6.07) is 7.53. The van der Waals surface area contributed by atoms with Gasteiger partial charge in [-0.05, 0) is 24.3 Å². The summed E-state index contributed by atoms with van der Waals surface area (Å²) < 4.78 is 18.9. The quantitative estimate of drug-likeness (QED) is 0.791. The molecule has 0 unspecified atom stereocenters. The number of aromatic nitrogens is 1. The van der Waals surface area contributed by atoms with Crippen molar-refractivity contribution in [1.29, 1.82) is 0 Å². The molecule has 3 nitrogen and oxygen atoms in total. The smallest absolute Gasteiger partial charge is 0.184 e. The van der Waals surface area contributed by atoms with Gasteiger partial charge in [0.05, 0.1) is 11.2 Å². The first kappa shape index (κ1) is 12.5. The van der Waals surface area contributed by atoms with Gasteiger partial charge >= 0.3 is 0 Å². The lowest BCUT2D eigenvalue weighted by atomic mass is 10.3. The molecule has 0 atom stereocenters. The second kappa shape index (κ2) is 5.14. The average molecular weight is 266 g/mol. The van der Waals surface area contributed by atoms with Crippen LogP contribution in [0.15, 0.2) is 36.5 Å². The summed E-state index contributed by atoms with van der Waals surface area (Å²) in [4.78, 5) is 14.9. The number of nitrogens with zero attached hydrogens (tertiary/aromatic N) is 1. The molecule has 0 saturated carbocycles. The SMILES string of the molecule is CC(=O)c1ccc(Oc2cccc(Cl)c2F)cn1. The molecule has 0 N–H and O–H groups in total. The molecule has 0 radical (unpaired) electrons. The molecular formula is C13H9ClFNO2. The molecule has 0 aliphatic heterocycles. The van der Waals surface area contributed by atoms with E-state index in [0.717, 1.165) is 0 Å². The van der Waals surface area contributed by atoms with E-state index in [-0.39, 0.29) is 16.6 Å². The van der Waals surface area contributed by atoms with Crippen LogP contribution in [-0.2, 0) is 0 Å². The third-order valence-electron chi connectivity index (χ3n) is 2.24. The number of ether oxygens (including phenoxy) is 1. The number of carbonyl (C=O) groups excluding carboxylic acids is 1. The zero-order valence-corrected chi connectivity index (χ0v) is 10.2. The summed E-state index contributed by atoms with van der Waals surface area (Å²) in [7, 11) is 0. The molecule has 0 saturated heterocycles. The van der Waals surface area contributed by atoms with E-state index >= 15 is 0 Å². The first-order valence-electron chi connectivity index (χ1n) is 5.17. The number of hydrogen-bond donors (Lipinski definition) is 0. The predicted octanol–water partition coefficient (Wildman–Crippen LogP) is 3.87. The maximum Gasteiger partial charge on any atom is 0.184 e. The van der Waals surface area contributed by atoms with Gasteiger partial charge < -0.3 is 4.74 Å². The minimum Gasteiger partial charge on any atom is -0.453 e. The van der Waals surface area contributed by atoms with Crippen molar-refractivity contribution >= 4 is 17.4 Å². The van der Waals surface area contributed by atoms with Crippen molar-refractivity contribution in [2.75, 3.05) is 0 Å². The lowest BCUT2D eigenvalue weighted by Gasteiger charge is -2.07. The predicted molar refractivity (Wildman–Crippen MR) is 65.7 cm³/mol. The van der Waals surface area contributed by atoms with Gasteiger partial charge in [-0.15, -0.1) is 0 Å². The fourth-order valence-electron chi connectivity index (χ4n) is 1.34. The molecule has 1 heterocycles. The number of rotatable bonds is 3. The van der Waals surface area contributed by atoms with Gasteiger partial charge in [0, 0.05) is 6.92 Å². The Hall–Kier alpha value is -1.94. The molecule has 5 heteroatoms. The zero-order valence-electron chi connectivity index (χ0n) is 9.48. The van der Waals surface area contributed by atoms with Crippen molar-refractivity contribution in [3.63, 3.8) is 0 Å². The summed E-state index contributed by atoms with van der Waals surface area (Å²) in [6.07, 6.45) is 1.36. The largest absolute Gasteiger partial charge is 0.453 e. The third-order valence-corrected chi connectivity index (χ3v) is 2.53. The van der Waals surface area contributed by atoms with Gasteiger partial charge in [-0.25, -0.2) is 9.37 Å². The van der Waals surface area contributed by atoms with Gasteiger partial charge in [0.2, 0.25) is 0 Å². The van der Waals surface area contributed by atoms with Gasteiger partial charge in [-0.1, -0.05) is 17.7 Å². The maximum absolute atomic E-state index is 13.6. The third kappa shape index (κ3) is 2.65. The van der Waals surface area contributed by atoms with Crippen LogP contribution in [0.5, 0.6) is 11.5 Å². The normalized spacial score (nSPS) is 10.2. The maximum atomic E-state index is 13.6. The molecule has 92 valence electrons. The Morgan fingerprint density at radius 3 is 2.72 bits per heavy atom. The molecule has 1 aromatic carbocycles. The average Bonchev–Trinajstić information content (AvgIpc) is 2.36. The number of Topliss-reactive ketones (excluding diaryl/α,β-unsaturated/α-hetero) is 1. The van der Waals surface area contributed by atoms with E-state index in [2.05, 4.69) is 4.98 Å². The number of benzene rings is 1. The number of hydrogen-bond acceptors (Lipinski definition) is 3. The van der Waals surface area contributed by atoms with Gasteiger partial charge in [0.15, 0.2) is 17.3 Å². The van der Waals surface area contributed by atoms with Crippen LogP contribution < -0.4 is 4.74 Å². The van der Waals surface area contributed by atoms with Crippen LogP contribution in [0.1, 0.15) is 17.4 Å². The second-order valence-electron chi connectivity index (χ2n) is 3.59. The minimum atomic E-state index is -0.630. The van der Waals surface area contributed by atoms with Gasteiger partial charge in [0.25, 0.3) is 0 Å². The van der Waals surface area contributed by atoms with E-state index < -0.39 is 5.82 Å². The van der Waals surface area contributed by atoms with Crippen LogP contribution in [0.25, 0.3) is 0 Å². The van der Waals surface area contributed by atoms with Crippen LogP contribution >= 0.6 is 11.6 Å². The molecule has 0 aliphatic carbocycles.